The van der Waals surface area contributed by atoms with Crippen molar-refractivity contribution in [3.63, 3.8) is 0 Å². The Morgan fingerprint density at radius 1 is 1.62 bits per heavy atom. The van der Waals surface area contributed by atoms with E-state index in [0.29, 0.717) is 11.8 Å². The topological polar surface area (TPSA) is 49.3 Å². The van der Waals surface area contributed by atoms with Gasteiger partial charge in [0.1, 0.15) is 5.54 Å². The normalized spacial score (nSPS) is 32.3. The van der Waals surface area contributed by atoms with Crippen LogP contribution in [0.15, 0.2) is 0 Å². The molecule has 0 bridgehead atoms. The molecule has 3 unspecified atom stereocenters. The molecule has 1 saturated carbocycles. The zero-order valence-electron chi connectivity index (χ0n) is 10.8. The summed E-state index contributed by atoms with van der Waals surface area (Å²) in [7, 11) is 0. The Balaban J connectivity index is 2.61. The second-order valence-corrected chi connectivity index (χ2v) is 5.48. The molecule has 0 aromatic carbocycles. The van der Waals surface area contributed by atoms with Gasteiger partial charge < -0.3 is 10.4 Å². The molecule has 3 nitrogen and oxygen atoms in total. The first-order chi connectivity index (χ1) is 7.50. The highest BCUT2D eigenvalue weighted by atomic mass is 16.4. The zero-order chi connectivity index (χ0) is 12.2. The molecule has 1 fully saturated rings. The number of carboxylic acid groups (broad SMARTS) is 1. The Morgan fingerprint density at radius 2 is 2.31 bits per heavy atom. The minimum absolute atomic E-state index is 0.522. The van der Waals surface area contributed by atoms with E-state index in [1.54, 1.807) is 0 Å². The quantitative estimate of drug-likeness (QED) is 0.759. The molecule has 0 spiro atoms. The van der Waals surface area contributed by atoms with Gasteiger partial charge >= 0.3 is 5.97 Å². The van der Waals surface area contributed by atoms with Crippen LogP contribution in [0.3, 0.4) is 0 Å². The van der Waals surface area contributed by atoms with Crippen molar-refractivity contribution >= 4 is 5.97 Å². The van der Waals surface area contributed by atoms with Crippen molar-refractivity contribution in [3.8, 4) is 0 Å². The predicted octanol–water partition coefficient (Wildman–Crippen LogP) is 2.66. The van der Waals surface area contributed by atoms with Gasteiger partial charge in [0.15, 0.2) is 0 Å². The van der Waals surface area contributed by atoms with Crippen molar-refractivity contribution < 1.29 is 9.90 Å². The molecule has 3 heteroatoms. The van der Waals surface area contributed by atoms with Gasteiger partial charge in [0, 0.05) is 0 Å². The molecular weight excluding hydrogens is 202 g/mol. The van der Waals surface area contributed by atoms with Gasteiger partial charge in [-0.15, -0.1) is 0 Å². The summed E-state index contributed by atoms with van der Waals surface area (Å²) in [4.78, 5) is 11.5. The van der Waals surface area contributed by atoms with Crippen molar-refractivity contribution in [2.75, 3.05) is 6.54 Å². The molecular formula is C13H25NO2. The number of carboxylic acids is 1. The molecule has 0 aromatic heterocycles. The first kappa shape index (κ1) is 13.5. The van der Waals surface area contributed by atoms with Crippen molar-refractivity contribution in [1.29, 1.82) is 0 Å². The second-order valence-electron chi connectivity index (χ2n) is 5.48. The third-order valence-electron chi connectivity index (χ3n) is 3.89. The number of carbonyl (C=O) groups is 1. The van der Waals surface area contributed by atoms with Crippen LogP contribution >= 0.6 is 0 Å². The third kappa shape index (κ3) is 3.21. The van der Waals surface area contributed by atoms with E-state index in [1.807, 2.05) is 0 Å². The molecule has 2 N–H and O–H groups in total. The lowest BCUT2D eigenvalue weighted by molar-refractivity contribution is -0.147. The van der Waals surface area contributed by atoms with Gasteiger partial charge in [0.25, 0.3) is 0 Å². The molecule has 1 aliphatic rings. The molecule has 3 atom stereocenters. The Kier molecular flexibility index (Phi) is 4.78. The number of rotatable bonds is 5. The van der Waals surface area contributed by atoms with E-state index in [-0.39, 0.29) is 0 Å². The van der Waals surface area contributed by atoms with Crippen molar-refractivity contribution in [3.05, 3.63) is 0 Å². The van der Waals surface area contributed by atoms with Crippen LogP contribution in [0, 0.1) is 11.8 Å². The fraction of sp³-hybridized carbons (Fsp3) is 0.923. The van der Waals surface area contributed by atoms with Crippen LogP contribution in [0.4, 0.5) is 0 Å². The summed E-state index contributed by atoms with van der Waals surface area (Å²) in [6, 6.07) is 0. The van der Waals surface area contributed by atoms with Crippen LogP contribution in [0.2, 0.25) is 0 Å². The third-order valence-corrected chi connectivity index (χ3v) is 3.89. The van der Waals surface area contributed by atoms with E-state index in [0.717, 1.165) is 32.2 Å². The maximum absolute atomic E-state index is 11.5. The first-order valence-corrected chi connectivity index (χ1v) is 6.48. The number of hydrogen-bond acceptors (Lipinski definition) is 2. The van der Waals surface area contributed by atoms with Gasteiger partial charge in [-0.05, 0) is 31.2 Å². The van der Waals surface area contributed by atoms with E-state index in [1.165, 1.54) is 6.42 Å². The summed E-state index contributed by atoms with van der Waals surface area (Å²) in [6.07, 6.45) is 4.85. The monoisotopic (exact) mass is 227 g/mol. The number of hydrogen-bond donors (Lipinski definition) is 2. The van der Waals surface area contributed by atoms with Crippen LogP contribution in [0.25, 0.3) is 0 Å². The molecule has 94 valence electrons. The summed E-state index contributed by atoms with van der Waals surface area (Å²) >= 11 is 0. The van der Waals surface area contributed by atoms with Crippen LogP contribution < -0.4 is 5.32 Å². The number of aliphatic carboxylic acids is 1. The van der Waals surface area contributed by atoms with Gasteiger partial charge in [-0.1, -0.05) is 40.0 Å². The van der Waals surface area contributed by atoms with Crippen molar-refractivity contribution in [1.82, 2.24) is 5.32 Å². The maximum Gasteiger partial charge on any atom is 0.323 e. The Hall–Kier alpha value is -0.570. The largest absolute Gasteiger partial charge is 0.480 e. The molecule has 1 aliphatic carbocycles. The highest BCUT2D eigenvalue weighted by Crippen LogP contribution is 2.32. The van der Waals surface area contributed by atoms with E-state index in [4.69, 9.17) is 0 Å². The molecule has 0 saturated heterocycles. The molecule has 1 rings (SSSR count). The lowest BCUT2D eigenvalue weighted by Gasteiger charge is -2.38. The standard InChI is InChI=1S/C13H25NO2/c1-4-10(2)9-14-13(12(15)16)7-5-6-11(3)8-13/h10-11,14H,4-9H2,1-3H3,(H,15,16). The summed E-state index contributed by atoms with van der Waals surface area (Å²) in [5.41, 5.74) is -0.652. The summed E-state index contributed by atoms with van der Waals surface area (Å²) < 4.78 is 0. The van der Waals surface area contributed by atoms with Crippen LogP contribution in [-0.2, 0) is 4.79 Å². The van der Waals surface area contributed by atoms with Gasteiger partial charge in [0.05, 0.1) is 0 Å². The lowest BCUT2D eigenvalue weighted by Crippen LogP contribution is -2.55. The summed E-state index contributed by atoms with van der Waals surface area (Å²) in [5, 5.41) is 12.7. The number of nitrogens with one attached hydrogen (secondary N) is 1. The van der Waals surface area contributed by atoms with Crippen molar-refractivity contribution in [2.24, 2.45) is 11.8 Å². The Morgan fingerprint density at radius 3 is 2.81 bits per heavy atom. The summed E-state index contributed by atoms with van der Waals surface area (Å²) in [5.74, 6) is 0.407. The van der Waals surface area contributed by atoms with Gasteiger partial charge in [-0.25, -0.2) is 0 Å². The van der Waals surface area contributed by atoms with Crippen LogP contribution in [0.5, 0.6) is 0 Å². The van der Waals surface area contributed by atoms with E-state index < -0.39 is 11.5 Å². The van der Waals surface area contributed by atoms with E-state index in [2.05, 4.69) is 26.1 Å². The van der Waals surface area contributed by atoms with Gasteiger partial charge in [-0.3, -0.25) is 4.79 Å². The average molecular weight is 227 g/mol. The van der Waals surface area contributed by atoms with Crippen molar-refractivity contribution in [2.45, 2.75) is 58.4 Å². The van der Waals surface area contributed by atoms with E-state index in [9.17, 15) is 9.90 Å². The molecule has 0 aliphatic heterocycles. The highest BCUT2D eigenvalue weighted by molar-refractivity contribution is 5.79. The zero-order valence-corrected chi connectivity index (χ0v) is 10.8. The fourth-order valence-corrected chi connectivity index (χ4v) is 2.50. The maximum atomic E-state index is 11.5. The lowest BCUT2D eigenvalue weighted by atomic mass is 9.76. The van der Waals surface area contributed by atoms with E-state index >= 15 is 0 Å². The Bertz CT molecular complexity index is 242. The van der Waals surface area contributed by atoms with Gasteiger partial charge in [-0.2, -0.15) is 0 Å². The predicted molar refractivity (Wildman–Crippen MR) is 65.5 cm³/mol. The van der Waals surface area contributed by atoms with Crippen LogP contribution in [-0.4, -0.2) is 23.2 Å². The van der Waals surface area contributed by atoms with Crippen LogP contribution in [0.1, 0.15) is 52.9 Å². The second kappa shape index (κ2) is 5.67. The summed E-state index contributed by atoms with van der Waals surface area (Å²) in [6.45, 7) is 7.27. The molecule has 0 radical (unpaired) electrons. The SMILES string of the molecule is CCC(C)CNC1(C(=O)O)CCCC(C)C1. The first-order valence-electron chi connectivity index (χ1n) is 6.48. The molecule has 0 aromatic rings. The molecule has 16 heavy (non-hydrogen) atoms. The highest BCUT2D eigenvalue weighted by Gasteiger charge is 2.41. The fourth-order valence-electron chi connectivity index (χ4n) is 2.50. The minimum Gasteiger partial charge on any atom is -0.480 e. The smallest absolute Gasteiger partial charge is 0.323 e. The average Bonchev–Trinajstić information content (AvgIpc) is 2.25. The molecule has 0 amide bonds. The molecule has 0 heterocycles. The van der Waals surface area contributed by atoms with Gasteiger partial charge in [0.2, 0.25) is 0 Å². The minimum atomic E-state index is -0.664. The Labute approximate surface area is 98.6 Å².